The molecule has 0 aromatic carbocycles. The highest BCUT2D eigenvalue weighted by molar-refractivity contribution is 7.10. The molecule has 17 heavy (non-hydrogen) atoms. The van der Waals surface area contributed by atoms with Crippen LogP contribution in [0.15, 0.2) is 17.5 Å². The molecule has 2 rings (SSSR count). The van der Waals surface area contributed by atoms with Gasteiger partial charge in [-0.2, -0.15) is 0 Å². The van der Waals surface area contributed by atoms with E-state index < -0.39 is 0 Å². The number of rotatable bonds is 4. The summed E-state index contributed by atoms with van der Waals surface area (Å²) in [5.41, 5.74) is 6.17. The van der Waals surface area contributed by atoms with Gasteiger partial charge in [-0.1, -0.05) is 19.4 Å². The molecule has 0 bridgehead atoms. The van der Waals surface area contributed by atoms with Gasteiger partial charge in [0.1, 0.15) is 0 Å². The maximum absolute atomic E-state index is 6.17. The SMILES string of the molecule is CCC(c1cccs1)N1CCCCC1C(C)N. The molecule has 1 fully saturated rings. The van der Waals surface area contributed by atoms with Crippen molar-refractivity contribution in [3.63, 3.8) is 0 Å². The van der Waals surface area contributed by atoms with Crippen molar-refractivity contribution in [3.05, 3.63) is 22.4 Å². The van der Waals surface area contributed by atoms with Gasteiger partial charge in [0.25, 0.3) is 0 Å². The Labute approximate surface area is 109 Å². The molecule has 0 amide bonds. The van der Waals surface area contributed by atoms with Crippen LogP contribution in [0.4, 0.5) is 0 Å². The Morgan fingerprint density at radius 2 is 2.35 bits per heavy atom. The third-order valence-electron chi connectivity index (χ3n) is 3.86. The minimum absolute atomic E-state index is 0.282. The molecule has 0 spiro atoms. The smallest absolute Gasteiger partial charge is 0.0442 e. The molecule has 3 unspecified atom stereocenters. The minimum Gasteiger partial charge on any atom is -0.327 e. The number of likely N-dealkylation sites (tertiary alicyclic amines) is 1. The lowest BCUT2D eigenvalue weighted by Crippen LogP contribution is -2.50. The van der Waals surface area contributed by atoms with Crippen LogP contribution in [0.2, 0.25) is 0 Å². The van der Waals surface area contributed by atoms with Gasteiger partial charge in [-0.25, -0.2) is 0 Å². The van der Waals surface area contributed by atoms with Gasteiger partial charge in [-0.05, 0) is 44.2 Å². The zero-order valence-electron chi connectivity index (χ0n) is 10.9. The molecule has 96 valence electrons. The van der Waals surface area contributed by atoms with E-state index in [2.05, 4.69) is 36.3 Å². The summed E-state index contributed by atoms with van der Waals surface area (Å²) in [6, 6.07) is 5.85. The quantitative estimate of drug-likeness (QED) is 0.890. The van der Waals surface area contributed by atoms with Crippen LogP contribution < -0.4 is 5.73 Å². The van der Waals surface area contributed by atoms with Crippen molar-refractivity contribution in [1.29, 1.82) is 0 Å². The fourth-order valence-electron chi connectivity index (χ4n) is 3.01. The molecule has 1 aromatic heterocycles. The van der Waals surface area contributed by atoms with Crippen LogP contribution in [-0.2, 0) is 0 Å². The first-order chi connectivity index (χ1) is 8.24. The Balaban J connectivity index is 2.16. The summed E-state index contributed by atoms with van der Waals surface area (Å²) in [6.07, 6.45) is 5.11. The first kappa shape index (κ1) is 13.1. The molecule has 2 nitrogen and oxygen atoms in total. The molecule has 2 N–H and O–H groups in total. The van der Waals surface area contributed by atoms with Crippen LogP contribution >= 0.6 is 11.3 Å². The highest BCUT2D eigenvalue weighted by atomic mass is 32.1. The Hall–Kier alpha value is -0.380. The Kier molecular flexibility index (Phi) is 4.60. The van der Waals surface area contributed by atoms with Crippen LogP contribution in [0.1, 0.15) is 50.4 Å². The molecule has 1 saturated heterocycles. The number of hydrogen-bond donors (Lipinski definition) is 1. The van der Waals surface area contributed by atoms with E-state index in [0.717, 1.165) is 0 Å². The summed E-state index contributed by atoms with van der Waals surface area (Å²) < 4.78 is 0. The van der Waals surface area contributed by atoms with E-state index in [9.17, 15) is 0 Å². The monoisotopic (exact) mass is 252 g/mol. The standard InChI is InChI=1S/C14H24N2S/c1-3-12(14-8-6-10-17-14)16-9-5-4-7-13(16)11(2)15/h6,8,10-13H,3-5,7,9,15H2,1-2H3. The fraction of sp³-hybridized carbons (Fsp3) is 0.714. The van der Waals surface area contributed by atoms with E-state index >= 15 is 0 Å². The van der Waals surface area contributed by atoms with E-state index in [1.54, 1.807) is 0 Å². The summed E-state index contributed by atoms with van der Waals surface area (Å²) >= 11 is 1.88. The fourth-order valence-corrected chi connectivity index (χ4v) is 3.94. The molecule has 1 aliphatic heterocycles. The lowest BCUT2D eigenvalue weighted by atomic mass is 9.94. The second-order valence-corrected chi connectivity index (χ2v) is 6.08. The van der Waals surface area contributed by atoms with Gasteiger partial charge in [0.15, 0.2) is 0 Å². The van der Waals surface area contributed by atoms with Crippen LogP contribution in [-0.4, -0.2) is 23.5 Å². The molecular formula is C14H24N2S. The average Bonchev–Trinajstić information content (AvgIpc) is 2.84. The summed E-state index contributed by atoms with van der Waals surface area (Å²) in [6.45, 7) is 5.66. The largest absolute Gasteiger partial charge is 0.327 e. The topological polar surface area (TPSA) is 29.3 Å². The summed E-state index contributed by atoms with van der Waals surface area (Å²) in [5, 5.41) is 2.18. The number of hydrogen-bond acceptors (Lipinski definition) is 3. The third kappa shape index (κ3) is 2.90. The predicted molar refractivity (Wildman–Crippen MR) is 75.3 cm³/mol. The molecule has 1 aliphatic rings. The van der Waals surface area contributed by atoms with Gasteiger partial charge in [0.2, 0.25) is 0 Å². The molecular weight excluding hydrogens is 228 g/mol. The number of nitrogens with zero attached hydrogens (tertiary/aromatic N) is 1. The van der Waals surface area contributed by atoms with Crippen molar-refractivity contribution >= 4 is 11.3 Å². The summed E-state index contributed by atoms with van der Waals surface area (Å²) in [4.78, 5) is 4.15. The molecule has 0 radical (unpaired) electrons. The molecule has 0 aliphatic carbocycles. The van der Waals surface area contributed by atoms with Crippen molar-refractivity contribution in [2.45, 2.75) is 57.7 Å². The highest BCUT2D eigenvalue weighted by Gasteiger charge is 2.31. The van der Waals surface area contributed by atoms with Crippen molar-refractivity contribution in [2.75, 3.05) is 6.54 Å². The zero-order chi connectivity index (χ0) is 12.3. The lowest BCUT2D eigenvalue weighted by Gasteiger charge is -2.42. The van der Waals surface area contributed by atoms with E-state index in [4.69, 9.17) is 5.73 Å². The third-order valence-corrected chi connectivity index (χ3v) is 4.83. The van der Waals surface area contributed by atoms with Gasteiger partial charge in [0.05, 0.1) is 0 Å². The zero-order valence-corrected chi connectivity index (χ0v) is 11.7. The van der Waals surface area contributed by atoms with E-state index in [-0.39, 0.29) is 6.04 Å². The van der Waals surface area contributed by atoms with Crippen LogP contribution in [0.25, 0.3) is 0 Å². The average molecular weight is 252 g/mol. The van der Waals surface area contributed by atoms with Gasteiger partial charge in [-0.15, -0.1) is 11.3 Å². The molecule has 3 atom stereocenters. The summed E-state index contributed by atoms with van der Waals surface area (Å²) in [5.74, 6) is 0. The van der Waals surface area contributed by atoms with E-state index in [1.807, 2.05) is 11.3 Å². The van der Waals surface area contributed by atoms with Gasteiger partial charge < -0.3 is 5.73 Å². The van der Waals surface area contributed by atoms with Crippen molar-refractivity contribution in [1.82, 2.24) is 4.90 Å². The molecule has 2 heterocycles. The predicted octanol–water partition coefficient (Wildman–Crippen LogP) is 3.40. The van der Waals surface area contributed by atoms with Crippen LogP contribution in [0.3, 0.4) is 0 Å². The maximum atomic E-state index is 6.17. The van der Waals surface area contributed by atoms with Crippen LogP contribution in [0, 0.1) is 0 Å². The Bertz CT molecular complexity index is 321. The minimum atomic E-state index is 0.282. The van der Waals surface area contributed by atoms with E-state index in [1.165, 1.54) is 37.1 Å². The molecule has 0 saturated carbocycles. The number of thiophene rings is 1. The summed E-state index contributed by atoms with van der Waals surface area (Å²) in [7, 11) is 0. The first-order valence-corrected chi connectivity index (χ1v) is 7.66. The second kappa shape index (κ2) is 5.98. The van der Waals surface area contributed by atoms with E-state index in [0.29, 0.717) is 12.1 Å². The van der Waals surface area contributed by atoms with Gasteiger partial charge in [-0.3, -0.25) is 4.90 Å². The van der Waals surface area contributed by atoms with Gasteiger partial charge >= 0.3 is 0 Å². The normalized spacial score (nSPS) is 25.7. The first-order valence-electron chi connectivity index (χ1n) is 6.78. The highest BCUT2D eigenvalue weighted by Crippen LogP contribution is 2.33. The maximum Gasteiger partial charge on any atom is 0.0442 e. The van der Waals surface area contributed by atoms with Gasteiger partial charge in [0, 0.05) is 23.0 Å². The van der Waals surface area contributed by atoms with Crippen molar-refractivity contribution in [2.24, 2.45) is 5.73 Å². The van der Waals surface area contributed by atoms with Crippen LogP contribution in [0.5, 0.6) is 0 Å². The number of nitrogens with two attached hydrogens (primary N) is 1. The molecule has 1 aromatic rings. The Morgan fingerprint density at radius 1 is 1.53 bits per heavy atom. The lowest BCUT2D eigenvalue weighted by molar-refractivity contribution is 0.0800. The molecule has 3 heteroatoms. The van der Waals surface area contributed by atoms with Crippen molar-refractivity contribution in [3.8, 4) is 0 Å². The number of piperidine rings is 1. The second-order valence-electron chi connectivity index (χ2n) is 5.10. The Morgan fingerprint density at radius 3 is 2.94 bits per heavy atom. The van der Waals surface area contributed by atoms with Crippen molar-refractivity contribution < 1.29 is 0 Å².